The smallest absolute Gasteiger partial charge is 0.220 e. The van der Waals surface area contributed by atoms with E-state index < -0.39 is 18.2 Å². The summed E-state index contributed by atoms with van der Waals surface area (Å²) in [5.74, 6) is -0.151. The molecule has 3 atom stereocenters. The molecule has 0 aromatic heterocycles. The lowest BCUT2D eigenvalue weighted by Gasteiger charge is -2.26. The Morgan fingerprint density at radius 2 is 0.833 bits per heavy atom. The highest BCUT2D eigenvalue weighted by molar-refractivity contribution is 5.76. The Hall–Kier alpha value is -0.910. The van der Waals surface area contributed by atoms with Gasteiger partial charge in [0, 0.05) is 6.42 Å². The Morgan fingerprint density at radius 3 is 1.21 bits per heavy atom. The molecule has 4 N–H and O–H groups in total. The molecule has 48 heavy (non-hydrogen) atoms. The number of aliphatic hydroxyl groups excluding tert-OH is 3. The predicted octanol–water partition coefficient (Wildman–Crippen LogP) is 12.0. The van der Waals surface area contributed by atoms with Crippen molar-refractivity contribution in [2.75, 3.05) is 6.61 Å². The van der Waals surface area contributed by atoms with Crippen LogP contribution in [-0.2, 0) is 4.79 Å². The van der Waals surface area contributed by atoms with Gasteiger partial charge in [0.05, 0.1) is 18.8 Å². The van der Waals surface area contributed by atoms with E-state index in [1.807, 2.05) is 0 Å². The number of unbranched alkanes of at least 4 members (excludes halogenated alkanes) is 29. The van der Waals surface area contributed by atoms with Gasteiger partial charge in [-0.1, -0.05) is 199 Å². The number of allylic oxidation sites excluding steroid dienone is 2. The molecule has 0 saturated carbocycles. The molecule has 286 valence electrons. The SMILES string of the molecule is CCCCCCCCCC=CCCCC(O)C(O)C(CO)NC(=O)CCCCCCCCCCCCCCCCCCCCCCCC. The van der Waals surface area contributed by atoms with E-state index in [0.717, 1.165) is 38.5 Å². The molecule has 0 saturated heterocycles. The van der Waals surface area contributed by atoms with Crippen molar-refractivity contribution in [3.8, 4) is 0 Å². The highest BCUT2D eigenvalue weighted by Crippen LogP contribution is 2.16. The molecule has 0 heterocycles. The first kappa shape index (κ1) is 47.1. The summed E-state index contributed by atoms with van der Waals surface area (Å²) in [6.07, 6.45) is 44.7. The van der Waals surface area contributed by atoms with E-state index in [1.54, 1.807) is 0 Å². The molecule has 3 unspecified atom stereocenters. The number of carbonyl (C=O) groups is 1. The van der Waals surface area contributed by atoms with Crippen LogP contribution in [0.1, 0.15) is 232 Å². The maximum absolute atomic E-state index is 12.4. The van der Waals surface area contributed by atoms with Crippen LogP contribution in [0.4, 0.5) is 0 Å². The van der Waals surface area contributed by atoms with Gasteiger partial charge in [0.15, 0.2) is 0 Å². The zero-order valence-corrected chi connectivity index (χ0v) is 32.4. The molecule has 0 aromatic carbocycles. The van der Waals surface area contributed by atoms with Crippen molar-refractivity contribution in [2.24, 2.45) is 0 Å². The number of nitrogens with one attached hydrogen (secondary N) is 1. The van der Waals surface area contributed by atoms with E-state index in [0.29, 0.717) is 12.8 Å². The van der Waals surface area contributed by atoms with E-state index in [4.69, 9.17) is 0 Å². The van der Waals surface area contributed by atoms with Gasteiger partial charge in [-0.25, -0.2) is 0 Å². The van der Waals surface area contributed by atoms with Gasteiger partial charge < -0.3 is 20.6 Å². The first-order valence-electron chi connectivity index (χ1n) is 21.5. The summed E-state index contributed by atoms with van der Waals surface area (Å²) in [6, 6.07) is -0.819. The van der Waals surface area contributed by atoms with Crippen molar-refractivity contribution in [1.82, 2.24) is 5.32 Å². The van der Waals surface area contributed by atoms with Gasteiger partial charge in [0.1, 0.15) is 6.10 Å². The molecule has 0 bridgehead atoms. The van der Waals surface area contributed by atoms with E-state index in [2.05, 4.69) is 31.3 Å². The lowest BCUT2D eigenvalue weighted by atomic mass is 10.0. The normalized spacial score (nSPS) is 13.7. The highest BCUT2D eigenvalue weighted by atomic mass is 16.3. The molecule has 0 aliphatic rings. The van der Waals surface area contributed by atoms with E-state index in [9.17, 15) is 20.1 Å². The van der Waals surface area contributed by atoms with Crippen LogP contribution in [0.5, 0.6) is 0 Å². The number of hydrogen-bond acceptors (Lipinski definition) is 4. The highest BCUT2D eigenvalue weighted by Gasteiger charge is 2.26. The molecular weight excluding hydrogens is 594 g/mol. The molecule has 5 heteroatoms. The monoisotopic (exact) mass is 680 g/mol. The molecule has 0 radical (unpaired) electrons. The van der Waals surface area contributed by atoms with Crippen molar-refractivity contribution in [3.63, 3.8) is 0 Å². The fourth-order valence-corrected chi connectivity index (χ4v) is 6.75. The van der Waals surface area contributed by atoms with E-state index >= 15 is 0 Å². The first-order valence-corrected chi connectivity index (χ1v) is 21.5. The van der Waals surface area contributed by atoms with Crippen LogP contribution in [0.15, 0.2) is 12.2 Å². The topological polar surface area (TPSA) is 89.8 Å². The zero-order chi connectivity index (χ0) is 35.2. The second kappa shape index (κ2) is 38.9. The minimum Gasteiger partial charge on any atom is -0.394 e. The zero-order valence-electron chi connectivity index (χ0n) is 32.4. The van der Waals surface area contributed by atoms with Crippen LogP contribution in [0.3, 0.4) is 0 Å². The molecule has 0 aliphatic heterocycles. The molecule has 0 aromatic rings. The number of aliphatic hydroxyl groups is 3. The van der Waals surface area contributed by atoms with Crippen molar-refractivity contribution in [2.45, 2.75) is 250 Å². The Bertz CT molecular complexity index is 669. The Balaban J connectivity index is 3.59. The van der Waals surface area contributed by atoms with Gasteiger partial charge >= 0.3 is 0 Å². The van der Waals surface area contributed by atoms with Crippen LogP contribution in [0.2, 0.25) is 0 Å². The Labute approximate surface area is 299 Å². The summed E-state index contributed by atoms with van der Waals surface area (Å²) in [7, 11) is 0. The molecule has 5 nitrogen and oxygen atoms in total. The van der Waals surface area contributed by atoms with Crippen LogP contribution >= 0.6 is 0 Å². The third kappa shape index (κ3) is 33.6. The summed E-state index contributed by atoms with van der Waals surface area (Å²) in [5, 5.41) is 33.4. The van der Waals surface area contributed by atoms with Crippen LogP contribution < -0.4 is 5.32 Å². The molecule has 1 amide bonds. The Morgan fingerprint density at radius 1 is 0.500 bits per heavy atom. The average molecular weight is 680 g/mol. The third-order valence-electron chi connectivity index (χ3n) is 10.1. The second-order valence-electron chi connectivity index (χ2n) is 14.9. The summed E-state index contributed by atoms with van der Waals surface area (Å²) >= 11 is 0. The van der Waals surface area contributed by atoms with Crippen molar-refractivity contribution in [1.29, 1.82) is 0 Å². The number of carbonyl (C=O) groups excluding carboxylic acids is 1. The fourth-order valence-electron chi connectivity index (χ4n) is 6.75. The summed E-state index contributed by atoms with van der Waals surface area (Å²) < 4.78 is 0. The molecule has 0 aliphatic carbocycles. The number of amides is 1. The molecule has 0 fully saturated rings. The largest absolute Gasteiger partial charge is 0.394 e. The maximum atomic E-state index is 12.4. The molecule has 0 rings (SSSR count). The van der Waals surface area contributed by atoms with E-state index in [1.165, 1.54) is 167 Å². The quantitative estimate of drug-likeness (QED) is 0.0384. The van der Waals surface area contributed by atoms with Crippen LogP contribution in [0.25, 0.3) is 0 Å². The first-order chi connectivity index (χ1) is 23.6. The summed E-state index contributed by atoms with van der Waals surface area (Å²) in [5.41, 5.74) is 0. The Kier molecular flexibility index (Phi) is 38.1. The third-order valence-corrected chi connectivity index (χ3v) is 10.1. The predicted molar refractivity (Wildman–Crippen MR) is 208 cm³/mol. The lowest BCUT2D eigenvalue weighted by Crippen LogP contribution is -2.50. The molecular formula is C43H85NO4. The summed E-state index contributed by atoms with van der Waals surface area (Å²) in [6.45, 7) is 4.16. The van der Waals surface area contributed by atoms with Crippen LogP contribution in [0, 0.1) is 0 Å². The van der Waals surface area contributed by atoms with Crippen LogP contribution in [-0.4, -0.2) is 46.1 Å². The number of rotatable bonds is 39. The fraction of sp³-hybridized carbons (Fsp3) is 0.930. The minimum absolute atomic E-state index is 0.151. The average Bonchev–Trinajstić information content (AvgIpc) is 3.09. The van der Waals surface area contributed by atoms with Gasteiger partial charge in [-0.05, 0) is 38.5 Å². The minimum atomic E-state index is -1.15. The van der Waals surface area contributed by atoms with Crippen molar-refractivity contribution in [3.05, 3.63) is 12.2 Å². The standard InChI is InChI=1S/C43H85NO4/c1-3-5-7-9-11-13-15-17-18-19-20-21-22-23-24-25-26-28-30-32-34-36-38-42(47)44-40(39-45)43(48)41(46)37-35-33-31-29-27-16-14-12-10-8-6-4-2/h29,31,40-41,43,45-46,48H,3-28,30,32-39H2,1-2H3,(H,44,47). The van der Waals surface area contributed by atoms with Gasteiger partial charge in [0.25, 0.3) is 0 Å². The van der Waals surface area contributed by atoms with Gasteiger partial charge in [-0.15, -0.1) is 0 Å². The maximum Gasteiger partial charge on any atom is 0.220 e. The van der Waals surface area contributed by atoms with E-state index in [-0.39, 0.29) is 12.5 Å². The van der Waals surface area contributed by atoms with Gasteiger partial charge in [0.2, 0.25) is 5.91 Å². The van der Waals surface area contributed by atoms with Crippen molar-refractivity contribution >= 4 is 5.91 Å². The molecule has 0 spiro atoms. The second-order valence-corrected chi connectivity index (χ2v) is 14.9. The van der Waals surface area contributed by atoms with Gasteiger partial charge in [-0.2, -0.15) is 0 Å². The van der Waals surface area contributed by atoms with Gasteiger partial charge in [-0.3, -0.25) is 4.79 Å². The summed E-state index contributed by atoms with van der Waals surface area (Å²) in [4.78, 5) is 12.4. The number of hydrogen-bond donors (Lipinski definition) is 4. The lowest BCUT2D eigenvalue weighted by molar-refractivity contribution is -0.124. The van der Waals surface area contributed by atoms with Crippen molar-refractivity contribution < 1.29 is 20.1 Å².